The van der Waals surface area contributed by atoms with Gasteiger partial charge in [-0.25, -0.2) is 4.79 Å². The Kier molecular flexibility index (Phi) is 5.06. The largest absolute Gasteiger partial charge is 0.496 e. The summed E-state index contributed by atoms with van der Waals surface area (Å²) in [5.74, 6) is -0.0176. The third-order valence-corrected chi connectivity index (χ3v) is 4.21. The van der Waals surface area contributed by atoms with E-state index in [9.17, 15) is 9.59 Å². The van der Waals surface area contributed by atoms with Crippen molar-refractivity contribution in [2.45, 2.75) is 39.5 Å². The molecule has 1 saturated carbocycles. The van der Waals surface area contributed by atoms with Crippen LogP contribution in [0.5, 0.6) is 5.75 Å². The molecule has 0 saturated heterocycles. The van der Waals surface area contributed by atoms with E-state index >= 15 is 0 Å². The lowest BCUT2D eigenvalue weighted by molar-refractivity contribution is -0.124. The number of carbonyl (C=O) groups is 2. The van der Waals surface area contributed by atoms with Crippen LogP contribution in [0.1, 0.15) is 49.9 Å². The molecule has 1 fully saturated rings. The summed E-state index contributed by atoms with van der Waals surface area (Å²) in [5, 5.41) is 2.91. The van der Waals surface area contributed by atoms with Crippen molar-refractivity contribution in [2.75, 3.05) is 19.0 Å². The predicted molar refractivity (Wildman–Crippen MR) is 84.2 cm³/mol. The van der Waals surface area contributed by atoms with E-state index in [1.165, 1.54) is 7.11 Å². The van der Waals surface area contributed by atoms with Crippen molar-refractivity contribution >= 4 is 17.6 Å². The maximum absolute atomic E-state index is 12.4. The summed E-state index contributed by atoms with van der Waals surface area (Å²) in [6.07, 6.45) is 3.97. The number of hydrogen-bond donors (Lipinski definition) is 1. The zero-order chi connectivity index (χ0) is 16.2. The smallest absolute Gasteiger partial charge is 0.341 e. The molecule has 0 heterocycles. The monoisotopic (exact) mass is 305 g/mol. The van der Waals surface area contributed by atoms with Crippen molar-refractivity contribution in [1.29, 1.82) is 0 Å². The van der Waals surface area contributed by atoms with Crippen molar-refractivity contribution in [2.24, 2.45) is 5.41 Å². The van der Waals surface area contributed by atoms with E-state index in [0.717, 1.165) is 25.7 Å². The minimum absolute atomic E-state index is 0.00461. The molecule has 0 aromatic heterocycles. The summed E-state index contributed by atoms with van der Waals surface area (Å²) in [6, 6.07) is 5.00. The van der Waals surface area contributed by atoms with Gasteiger partial charge in [-0.15, -0.1) is 0 Å². The van der Waals surface area contributed by atoms with E-state index in [2.05, 4.69) is 5.32 Å². The van der Waals surface area contributed by atoms with Crippen LogP contribution in [0.2, 0.25) is 0 Å². The van der Waals surface area contributed by atoms with Crippen LogP contribution in [0.4, 0.5) is 5.69 Å². The number of carbonyl (C=O) groups excluding carboxylic acids is 2. The van der Waals surface area contributed by atoms with Crippen LogP contribution in [-0.2, 0) is 9.53 Å². The van der Waals surface area contributed by atoms with Gasteiger partial charge in [-0.1, -0.05) is 19.8 Å². The molecule has 5 nitrogen and oxygen atoms in total. The Morgan fingerprint density at radius 3 is 2.55 bits per heavy atom. The molecular formula is C17H23NO4. The maximum Gasteiger partial charge on any atom is 0.341 e. The molecule has 1 aliphatic rings. The molecule has 1 aliphatic carbocycles. The number of esters is 1. The van der Waals surface area contributed by atoms with Crippen LogP contribution in [0.15, 0.2) is 18.2 Å². The number of methoxy groups -OCH3 is 1. The normalized spacial score (nSPS) is 16.1. The summed E-state index contributed by atoms with van der Waals surface area (Å²) in [4.78, 5) is 24.4. The number of anilines is 1. The van der Waals surface area contributed by atoms with Gasteiger partial charge in [0.15, 0.2) is 0 Å². The van der Waals surface area contributed by atoms with E-state index in [0.29, 0.717) is 17.0 Å². The molecule has 0 radical (unpaired) electrons. The molecule has 1 amide bonds. The van der Waals surface area contributed by atoms with Gasteiger partial charge in [-0.05, 0) is 38.0 Å². The average molecular weight is 305 g/mol. The van der Waals surface area contributed by atoms with Crippen LogP contribution >= 0.6 is 0 Å². The van der Waals surface area contributed by atoms with Gasteiger partial charge in [0.25, 0.3) is 0 Å². The van der Waals surface area contributed by atoms with Crippen LogP contribution in [0, 0.1) is 5.41 Å². The van der Waals surface area contributed by atoms with E-state index in [-0.39, 0.29) is 17.9 Å². The molecule has 0 aliphatic heterocycles. The fourth-order valence-corrected chi connectivity index (χ4v) is 2.82. The highest BCUT2D eigenvalue weighted by atomic mass is 16.5. The SMILES string of the molecule is CCOC(=O)c1cc(NC(=O)C2(C)CCCC2)ccc1OC. The lowest BCUT2D eigenvalue weighted by Gasteiger charge is -2.22. The van der Waals surface area contributed by atoms with Gasteiger partial charge in [-0.3, -0.25) is 4.79 Å². The maximum atomic E-state index is 12.4. The van der Waals surface area contributed by atoms with E-state index in [4.69, 9.17) is 9.47 Å². The summed E-state index contributed by atoms with van der Waals surface area (Å²) < 4.78 is 10.2. The molecule has 0 spiro atoms. The third-order valence-electron chi connectivity index (χ3n) is 4.21. The second-order valence-corrected chi connectivity index (χ2v) is 5.86. The summed E-state index contributed by atoms with van der Waals surface area (Å²) >= 11 is 0. The molecule has 22 heavy (non-hydrogen) atoms. The number of hydrogen-bond acceptors (Lipinski definition) is 4. The molecule has 2 rings (SSSR count). The van der Waals surface area contributed by atoms with Gasteiger partial charge in [0.2, 0.25) is 5.91 Å². The standard InChI is InChI=1S/C17H23NO4/c1-4-22-15(19)13-11-12(7-8-14(13)21-3)18-16(20)17(2)9-5-6-10-17/h7-8,11H,4-6,9-10H2,1-3H3,(H,18,20). The Labute approximate surface area is 131 Å². The first-order valence-electron chi connectivity index (χ1n) is 7.67. The minimum Gasteiger partial charge on any atom is -0.496 e. The summed E-state index contributed by atoms with van der Waals surface area (Å²) in [6.45, 7) is 4.03. The number of rotatable bonds is 5. The molecule has 5 heteroatoms. The first-order chi connectivity index (χ1) is 10.5. The predicted octanol–water partition coefficient (Wildman–Crippen LogP) is 3.39. The summed E-state index contributed by atoms with van der Waals surface area (Å²) in [7, 11) is 1.50. The fraction of sp³-hybridized carbons (Fsp3) is 0.529. The Bertz CT molecular complexity index is 562. The average Bonchev–Trinajstić information content (AvgIpc) is 2.95. The quantitative estimate of drug-likeness (QED) is 0.847. The van der Waals surface area contributed by atoms with Crippen LogP contribution in [0.3, 0.4) is 0 Å². The van der Waals surface area contributed by atoms with Crippen molar-refractivity contribution in [3.05, 3.63) is 23.8 Å². The molecule has 1 N–H and O–H groups in total. The second kappa shape index (κ2) is 6.81. The molecule has 0 bridgehead atoms. The highest BCUT2D eigenvalue weighted by molar-refractivity contribution is 5.98. The van der Waals surface area contributed by atoms with Crippen molar-refractivity contribution < 1.29 is 19.1 Å². The van der Waals surface area contributed by atoms with Crippen molar-refractivity contribution in [3.63, 3.8) is 0 Å². The fourth-order valence-electron chi connectivity index (χ4n) is 2.82. The Hall–Kier alpha value is -2.04. The second-order valence-electron chi connectivity index (χ2n) is 5.86. The van der Waals surface area contributed by atoms with Crippen LogP contribution in [0.25, 0.3) is 0 Å². The number of amides is 1. The van der Waals surface area contributed by atoms with E-state index in [1.807, 2.05) is 6.92 Å². The van der Waals surface area contributed by atoms with Crippen LogP contribution < -0.4 is 10.1 Å². The molecule has 1 aromatic rings. The number of benzene rings is 1. The van der Waals surface area contributed by atoms with Crippen molar-refractivity contribution in [1.82, 2.24) is 0 Å². The van der Waals surface area contributed by atoms with Gasteiger partial charge < -0.3 is 14.8 Å². The van der Waals surface area contributed by atoms with Gasteiger partial charge in [0.05, 0.1) is 13.7 Å². The topological polar surface area (TPSA) is 64.6 Å². The molecule has 120 valence electrons. The highest BCUT2D eigenvalue weighted by Gasteiger charge is 2.36. The van der Waals surface area contributed by atoms with Crippen molar-refractivity contribution in [3.8, 4) is 5.75 Å². The first kappa shape index (κ1) is 16.3. The lowest BCUT2D eigenvalue weighted by atomic mass is 9.88. The molecule has 0 unspecified atom stereocenters. The third kappa shape index (κ3) is 3.40. The van der Waals surface area contributed by atoms with Gasteiger partial charge in [0.1, 0.15) is 11.3 Å². The zero-order valence-electron chi connectivity index (χ0n) is 13.4. The molecular weight excluding hydrogens is 282 g/mol. The van der Waals surface area contributed by atoms with E-state index in [1.54, 1.807) is 25.1 Å². The Morgan fingerprint density at radius 1 is 1.27 bits per heavy atom. The molecule has 1 aromatic carbocycles. The van der Waals surface area contributed by atoms with E-state index < -0.39 is 5.97 Å². The Morgan fingerprint density at radius 2 is 1.95 bits per heavy atom. The minimum atomic E-state index is -0.456. The van der Waals surface area contributed by atoms with Crippen LogP contribution in [-0.4, -0.2) is 25.6 Å². The highest BCUT2D eigenvalue weighted by Crippen LogP contribution is 2.38. The number of nitrogens with one attached hydrogen (secondary N) is 1. The number of ether oxygens (including phenoxy) is 2. The van der Waals surface area contributed by atoms with Gasteiger partial charge in [0, 0.05) is 11.1 Å². The zero-order valence-corrected chi connectivity index (χ0v) is 13.4. The molecule has 0 atom stereocenters. The Balaban J connectivity index is 2.19. The summed E-state index contributed by atoms with van der Waals surface area (Å²) in [5.41, 5.74) is 0.588. The first-order valence-corrected chi connectivity index (χ1v) is 7.67. The van der Waals surface area contributed by atoms with Gasteiger partial charge in [-0.2, -0.15) is 0 Å². The lowest BCUT2D eigenvalue weighted by Crippen LogP contribution is -2.30. The van der Waals surface area contributed by atoms with Gasteiger partial charge >= 0.3 is 5.97 Å².